The molecule has 12 heavy (non-hydrogen) atoms. The van der Waals surface area contributed by atoms with Crippen molar-refractivity contribution >= 4 is 17.3 Å². The van der Waals surface area contributed by atoms with Crippen molar-refractivity contribution < 1.29 is 0 Å². The monoisotopic (exact) mass is 179 g/mol. The first-order valence-corrected chi connectivity index (χ1v) is 4.20. The fourth-order valence-electron chi connectivity index (χ4n) is 1.19. The van der Waals surface area contributed by atoms with E-state index in [-0.39, 0.29) is 0 Å². The molecule has 1 aromatic rings. The highest BCUT2D eigenvalue weighted by Crippen LogP contribution is 2.32. The smallest absolute Gasteiger partial charge is 0.192 e. The van der Waals surface area contributed by atoms with Crippen LogP contribution < -0.4 is 0 Å². The molecule has 0 aliphatic heterocycles. The van der Waals surface area contributed by atoms with Crippen LogP contribution in [0.2, 0.25) is 5.02 Å². The van der Waals surface area contributed by atoms with E-state index in [4.69, 9.17) is 18.2 Å². The second-order valence-electron chi connectivity index (χ2n) is 2.94. The minimum Gasteiger partial charge on any atom is -0.238 e. The first kappa shape index (κ1) is 9.09. The van der Waals surface area contributed by atoms with Crippen LogP contribution >= 0.6 is 11.6 Å². The molecule has 0 radical (unpaired) electrons. The van der Waals surface area contributed by atoms with Crippen LogP contribution in [0.4, 0.5) is 5.69 Å². The maximum atomic E-state index is 6.94. The summed E-state index contributed by atoms with van der Waals surface area (Å²) in [6.07, 6.45) is 0. The van der Waals surface area contributed by atoms with Gasteiger partial charge in [0, 0.05) is 5.02 Å². The summed E-state index contributed by atoms with van der Waals surface area (Å²) in [5.74, 6) is 0.308. The Bertz CT molecular complexity index is 323. The predicted octanol–water partition coefficient (Wildman–Crippen LogP) is 4.01. The van der Waals surface area contributed by atoms with Crippen LogP contribution in [0.25, 0.3) is 4.85 Å². The van der Waals surface area contributed by atoms with Crippen molar-refractivity contribution in [2.75, 3.05) is 0 Å². The summed E-state index contributed by atoms with van der Waals surface area (Å²) in [6.45, 7) is 11.0. The lowest BCUT2D eigenvalue weighted by molar-refractivity contribution is 0.871. The summed E-state index contributed by atoms with van der Waals surface area (Å²) in [4.78, 5) is 3.42. The Hall–Kier alpha value is -1.00. The van der Waals surface area contributed by atoms with E-state index >= 15 is 0 Å². The minimum absolute atomic E-state index is 0.308. The minimum atomic E-state index is 0.308. The Kier molecular flexibility index (Phi) is 2.73. The zero-order valence-electron chi connectivity index (χ0n) is 7.13. The van der Waals surface area contributed by atoms with Crippen LogP contribution in [0, 0.1) is 6.57 Å². The maximum Gasteiger partial charge on any atom is 0.192 e. The lowest BCUT2D eigenvalue weighted by atomic mass is 10.0. The highest BCUT2D eigenvalue weighted by molar-refractivity contribution is 6.31. The third kappa shape index (κ3) is 1.60. The summed E-state index contributed by atoms with van der Waals surface area (Å²) >= 11 is 5.96. The molecule has 0 saturated carbocycles. The van der Waals surface area contributed by atoms with E-state index in [9.17, 15) is 0 Å². The lowest BCUT2D eigenvalue weighted by Gasteiger charge is -2.09. The largest absolute Gasteiger partial charge is 0.238 e. The van der Waals surface area contributed by atoms with Crippen LogP contribution in [0.15, 0.2) is 18.2 Å². The van der Waals surface area contributed by atoms with Gasteiger partial charge in [-0.25, -0.2) is 4.85 Å². The number of halogens is 1. The molecule has 0 saturated heterocycles. The van der Waals surface area contributed by atoms with E-state index in [1.54, 1.807) is 6.07 Å². The molecule has 0 amide bonds. The molecule has 0 fully saturated rings. The second kappa shape index (κ2) is 3.60. The molecule has 1 rings (SSSR count). The Morgan fingerprint density at radius 3 is 2.50 bits per heavy atom. The summed E-state index contributed by atoms with van der Waals surface area (Å²) in [7, 11) is 0. The molecular formula is C10H10ClN. The van der Waals surface area contributed by atoms with Gasteiger partial charge in [0.25, 0.3) is 0 Å². The van der Waals surface area contributed by atoms with Crippen molar-refractivity contribution in [2.24, 2.45) is 0 Å². The number of hydrogen-bond donors (Lipinski definition) is 0. The van der Waals surface area contributed by atoms with Crippen LogP contribution in [0.1, 0.15) is 25.3 Å². The van der Waals surface area contributed by atoms with Gasteiger partial charge < -0.3 is 0 Å². The zero-order valence-corrected chi connectivity index (χ0v) is 7.89. The van der Waals surface area contributed by atoms with E-state index in [0.717, 1.165) is 5.56 Å². The maximum absolute atomic E-state index is 6.94. The van der Waals surface area contributed by atoms with Crippen LogP contribution in [-0.4, -0.2) is 0 Å². The van der Waals surface area contributed by atoms with Gasteiger partial charge in [0.15, 0.2) is 5.69 Å². The van der Waals surface area contributed by atoms with Gasteiger partial charge >= 0.3 is 0 Å². The quantitative estimate of drug-likeness (QED) is 0.574. The van der Waals surface area contributed by atoms with Crippen molar-refractivity contribution in [1.82, 2.24) is 0 Å². The zero-order chi connectivity index (χ0) is 9.14. The van der Waals surface area contributed by atoms with Crippen molar-refractivity contribution in [3.05, 3.63) is 40.2 Å². The van der Waals surface area contributed by atoms with Crippen LogP contribution in [0.5, 0.6) is 0 Å². The van der Waals surface area contributed by atoms with Gasteiger partial charge in [-0.15, -0.1) is 0 Å². The highest BCUT2D eigenvalue weighted by atomic mass is 35.5. The number of rotatable bonds is 1. The predicted molar refractivity (Wildman–Crippen MR) is 51.8 cm³/mol. The van der Waals surface area contributed by atoms with E-state index in [2.05, 4.69) is 4.85 Å². The van der Waals surface area contributed by atoms with Gasteiger partial charge in [0.2, 0.25) is 0 Å². The van der Waals surface area contributed by atoms with Crippen molar-refractivity contribution in [3.63, 3.8) is 0 Å². The molecule has 0 heterocycles. The Balaban J connectivity index is 3.32. The molecular weight excluding hydrogens is 170 g/mol. The average Bonchev–Trinajstić information content (AvgIpc) is 2.03. The summed E-state index contributed by atoms with van der Waals surface area (Å²) in [6, 6.07) is 5.43. The summed E-state index contributed by atoms with van der Waals surface area (Å²) < 4.78 is 0. The molecule has 0 bridgehead atoms. The van der Waals surface area contributed by atoms with Gasteiger partial charge in [0.05, 0.1) is 6.57 Å². The molecule has 1 aromatic carbocycles. The molecule has 0 aliphatic rings. The SMILES string of the molecule is [C-]#[N+]c1cccc(Cl)c1C(C)C. The Morgan fingerprint density at radius 2 is 2.08 bits per heavy atom. The first-order chi connectivity index (χ1) is 5.66. The Morgan fingerprint density at radius 1 is 1.42 bits per heavy atom. The fourth-order valence-corrected chi connectivity index (χ4v) is 1.58. The number of hydrogen-bond acceptors (Lipinski definition) is 0. The average molecular weight is 180 g/mol. The highest BCUT2D eigenvalue weighted by Gasteiger charge is 2.09. The van der Waals surface area contributed by atoms with Gasteiger partial charge in [-0.2, -0.15) is 0 Å². The van der Waals surface area contributed by atoms with Gasteiger partial charge in [-0.3, -0.25) is 0 Å². The fraction of sp³-hybridized carbons (Fsp3) is 0.300. The molecule has 0 atom stereocenters. The van der Waals surface area contributed by atoms with E-state index in [0.29, 0.717) is 16.6 Å². The van der Waals surface area contributed by atoms with Crippen molar-refractivity contribution in [1.29, 1.82) is 0 Å². The second-order valence-corrected chi connectivity index (χ2v) is 3.35. The first-order valence-electron chi connectivity index (χ1n) is 3.82. The molecule has 0 aliphatic carbocycles. The van der Waals surface area contributed by atoms with E-state index < -0.39 is 0 Å². The third-order valence-corrected chi connectivity index (χ3v) is 2.06. The number of nitrogens with zero attached hydrogens (tertiary/aromatic N) is 1. The molecule has 1 nitrogen and oxygen atoms in total. The standard InChI is InChI=1S/C10H10ClN/c1-7(2)10-8(11)5-4-6-9(10)12-3/h4-7H,1-2H3. The third-order valence-electron chi connectivity index (χ3n) is 1.73. The molecule has 62 valence electrons. The van der Waals surface area contributed by atoms with Gasteiger partial charge in [-0.1, -0.05) is 37.6 Å². The van der Waals surface area contributed by atoms with Crippen LogP contribution in [0.3, 0.4) is 0 Å². The molecule has 0 aromatic heterocycles. The van der Waals surface area contributed by atoms with Crippen LogP contribution in [-0.2, 0) is 0 Å². The molecule has 2 heteroatoms. The topological polar surface area (TPSA) is 4.36 Å². The number of benzene rings is 1. The Labute approximate surface area is 77.8 Å². The van der Waals surface area contributed by atoms with Gasteiger partial charge in [0.1, 0.15) is 0 Å². The molecule has 0 N–H and O–H groups in total. The molecule has 0 spiro atoms. The summed E-state index contributed by atoms with van der Waals surface area (Å²) in [5.41, 5.74) is 1.62. The molecule has 0 unspecified atom stereocenters. The van der Waals surface area contributed by atoms with Crippen molar-refractivity contribution in [2.45, 2.75) is 19.8 Å². The summed E-state index contributed by atoms with van der Waals surface area (Å²) in [5, 5.41) is 0.693. The van der Waals surface area contributed by atoms with Crippen molar-refractivity contribution in [3.8, 4) is 0 Å². The van der Waals surface area contributed by atoms with Gasteiger partial charge in [-0.05, 0) is 17.5 Å². The van der Waals surface area contributed by atoms with E-state index in [1.807, 2.05) is 26.0 Å². The normalized spacial score (nSPS) is 9.92. The lowest BCUT2D eigenvalue weighted by Crippen LogP contribution is -1.88. The van der Waals surface area contributed by atoms with E-state index in [1.165, 1.54) is 0 Å².